The van der Waals surface area contributed by atoms with Crippen LogP contribution in [-0.2, 0) is 16.2 Å². The largest absolute Gasteiger partial charge is 0.545 e. The second-order valence-corrected chi connectivity index (χ2v) is 7.84. The number of nitrogens with zero attached hydrogens (tertiary/aromatic N) is 1. The molecule has 0 aromatic heterocycles. The molecule has 1 aliphatic heterocycles. The number of anilines is 1. The van der Waals surface area contributed by atoms with E-state index in [1.54, 1.807) is 42.5 Å². The molecule has 1 aliphatic rings. The van der Waals surface area contributed by atoms with Crippen molar-refractivity contribution in [1.82, 2.24) is 5.32 Å². The number of aromatic carboxylic acids is 1. The highest BCUT2D eigenvalue weighted by Gasteiger charge is 2.36. The summed E-state index contributed by atoms with van der Waals surface area (Å²) < 4.78 is 16.3. The number of nitrogens with one attached hydrogen (secondary N) is 1. The fourth-order valence-electron chi connectivity index (χ4n) is 3.58. The van der Waals surface area contributed by atoms with Crippen LogP contribution in [0.2, 0.25) is 0 Å². The summed E-state index contributed by atoms with van der Waals surface area (Å²) >= 11 is 0. The lowest BCUT2D eigenvalue weighted by molar-refractivity contribution is -0.255. The van der Waals surface area contributed by atoms with Gasteiger partial charge in [0.05, 0.1) is 25.9 Å². The lowest BCUT2D eigenvalue weighted by Gasteiger charge is -2.26. The molecule has 3 aromatic carbocycles. The van der Waals surface area contributed by atoms with Crippen molar-refractivity contribution in [2.75, 3.05) is 19.1 Å². The van der Waals surface area contributed by atoms with Gasteiger partial charge in [-0.2, -0.15) is 0 Å². The van der Waals surface area contributed by atoms with Gasteiger partial charge in [0.2, 0.25) is 0 Å². The Bertz CT molecular complexity index is 1390. The van der Waals surface area contributed by atoms with Crippen LogP contribution in [0.5, 0.6) is 17.2 Å². The van der Waals surface area contributed by atoms with Gasteiger partial charge in [0.25, 0.3) is 11.8 Å². The first-order chi connectivity index (χ1) is 17.8. The van der Waals surface area contributed by atoms with Crippen LogP contribution in [0.3, 0.4) is 0 Å². The highest BCUT2D eigenvalue weighted by Crippen LogP contribution is 2.31. The number of hydrogen-bond donors (Lipinski definition) is 1. The first-order valence-corrected chi connectivity index (χ1v) is 11.0. The summed E-state index contributed by atoms with van der Waals surface area (Å²) in [6.45, 7) is 0.143. The summed E-state index contributed by atoms with van der Waals surface area (Å²) in [6, 6.07) is 16.3. The van der Waals surface area contributed by atoms with Gasteiger partial charge < -0.3 is 24.1 Å². The molecule has 10 heteroatoms. The average Bonchev–Trinajstić information content (AvgIpc) is 2.90. The Balaban J connectivity index is 1.55. The predicted octanol–water partition coefficient (Wildman–Crippen LogP) is 2.31. The molecule has 0 radical (unpaired) electrons. The number of methoxy groups -OCH3 is 2. The van der Waals surface area contributed by atoms with Crippen molar-refractivity contribution in [1.29, 1.82) is 0 Å². The molecule has 1 saturated heterocycles. The number of amides is 4. The normalized spacial score (nSPS) is 14.4. The standard InChI is InChI=1S/C27H22N2O8/c1-35-20-10-8-19(9-11-20)29-25(31)21(24(30)28-27(29)34)13-17-5-12-22(23(14-17)36-2)37-15-16-3-6-18(7-4-16)26(32)33/h3-14H,15H2,1-2H3,(H,32,33)(H,28,30,34)/p-1/b21-13+. The minimum atomic E-state index is -1.26. The molecule has 0 spiro atoms. The molecule has 0 aliphatic carbocycles. The van der Waals surface area contributed by atoms with Crippen LogP contribution >= 0.6 is 0 Å². The van der Waals surface area contributed by atoms with E-state index in [-0.39, 0.29) is 23.4 Å². The monoisotopic (exact) mass is 501 g/mol. The Hall–Kier alpha value is -5.12. The van der Waals surface area contributed by atoms with Gasteiger partial charge >= 0.3 is 6.03 Å². The highest BCUT2D eigenvalue weighted by molar-refractivity contribution is 6.39. The van der Waals surface area contributed by atoms with Gasteiger partial charge in [-0.1, -0.05) is 30.3 Å². The summed E-state index contributed by atoms with van der Waals surface area (Å²) in [6.07, 6.45) is 1.35. The minimum Gasteiger partial charge on any atom is -0.545 e. The second-order valence-electron chi connectivity index (χ2n) is 7.84. The Labute approximate surface area is 211 Å². The van der Waals surface area contributed by atoms with E-state index in [4.69, 9.17) is 14.2 Å². The minimum absolute atomic E-state index is 0.0623. The van der Waals surface area contributed by atoms with Crippen molar-refractivity contribution in [3.63, 3.8) is 0 Å². The van der Waals surface area contributed by atoms with Crippen molar-refractivity contribution in [3.05, 3.63) is 89.0 Å². The first kappa shape index (κ1) is 25.0. The third kappa shape index (κ3) is 5.43. The van der Waals surface area contributed by atoms with Crippen LogP contribution in [0.1, 0.15) is 21.5 Å². The molecule has 4 amide bonds. The fraction of sp³-hybridized carbons (Fsp3) is 0.111. The van der Waals surface area contributed by atoms with Crippen LogP contribution in [-0.4, -0.2) is 38.0 Å². The summed E-state index contributed by atoms with van der Waals surface area (Å²) in [5, 5.41) is 13.1. The fourth-order valence-corrected chi connectivity index (χ4v) is 3.58. The number of imide groups is 2. The van der Waals surface area contributed by atoms with Crippen molar-refractivity contribution in [2.45, 2.75) is 6.61 Å². The van der Waals surface area contributed by atoms with E-state index in [0.717, 1.165) is 10.5 Å². The third-order valence-electron chi connectivity index (χ3n) is 5.51. The summed E-state index contributed by atoms with van der Waals surface area (Å²) in [4.78, 5) is 49.7. The number of urea groups is 1. The third-order valence-corrected chi connectivity index (χ3v) is 5.51. The number of hydrogen-bond acceptors (Lipinski definition) is 8. The van der Waals surface area contributed by atoms with E-state index in [1.165, 1.54) is 44.6 Å². The number of barbiturate groups is 1. The Morgan fingerprint density at radius 2 is 1.62 bits per heavy atom. The zero-order valence-electron chi connectivity index (χ0n) is 19.8. The lowest BCUT2D eigenvalue weighted by atomic mass is 10.1. The molecular formula is C27H21N2O8-. The van der Waals surface area contributed by atoms with Gasteiger partial charge in [0, 0.05) is 0 Å². The summed E-state index contributed by atoms with van der Waals surface area (Å²) in [5.74, 6) is -1.59. The molecule has 1 heterocycles. The predicted molar refractivity (Wildman–Crippen MR) is 130 cm³/mol. The molecule has 10 nitrogen and oxygen atoms in total. The number of carbonyl (C=O) groups excluding carboxylic acids is 4. The van der Waals surface area contributed by atoms with Crippen molar-refractivity contribution in [3.8, 4) is 17.2 Å². The van der Waals surface area contributed by atoms with Gasteiger partial charge in [-0.15, -0.1) is 0 Å². The van der Waals surface area contributed by atoms with E-state index in [9.17, 15) is 24.3 Å². The van der Waals surface area contributed by atoms with Crippen LogP contribution in [0.4, 0.5) is 10.5 Å². The molecule has 1 fully saturated rings. The number of carboxylic acids is 1. The number of carbonyl (C=O) groups is 4. The highest BCUT2D eigenvalue weighted by atomic mass is 16.5. The summed E-state index contributed by atoms with van der Waals surface area (Å²) in [5.41, 5.74) is 1.29. The zero-order chi connectivity index (χ0) is 26.5. The van der Waals surface area contributed by atoms with Crippen LogP contribution in [0, 0.1) is 0 Å². The van der Waals surface area contributed by atoms with Gasteiger partial charge in [-0.3, -0.25) is 14.9 Å². The van der Waals surface area contributed by atoms with Gasteiger partial charge in [0.15, 0.2) is 11.5 Å². The smallest absolute Gasteiger partial charge is 0.335 e. The summed E-state index contributed by atoms with van der Waals surface area (Å²) in [7, 11) is 2.94. The topological polar surface area (TPSA) is 134 Å². The van der Waals surface area contributed by atoms with Crippen LogP contribution in [0.25, 0.3) is 6.08 Å². The SMILES string of the molecule is COc1ccc(N2C(=O)NC(=O)/C(=C\c3ccc(OCc4ccc(C(=O)[O-])cc4)c(OC)c3)C2=O)cc1. The molecule has 37 heavy (non-hydrogen) atoms. The maximum Gasteiger partial charge on any atom is 0.335 e. The molecule has 3 aromatic rings. The maximum absolute atomic E-state index is 13.1. The lowest BCUT2D eigenvalue weighted by Crippen LogP contribution is -2.54. The molecule has 0 atom stereocenters. The van der Waals surface area contributed by atoms with Crippen molar-refractivity contribution in [2.24, 2.45) is 0 Å². The number of benzene rings is 3. The van der Waals surface area contributed by atoms with Crippen LogP contribution in [0.15, 0.2) is 72.3 Å². The second kappa shape index (κ2) is 10.6. The van der Waals surface area contributed by atoms with E-state index in [2.05, 4.69) is 5.32 Å². The first-order valence-electron chi connectivity index (χ1n) is 11.0. The van der Waals surface area contributed by atoms with Crippen molar-refractivity contribution >= 4 is 35.6 Å². The van der Waals surface area contributed by atoms with Gasteiger partial charge in [-0.05, 0) is 59.2 Å². The van der Waals surface area contributed by atoms with E-state index < -0.39 is 23.8 Å². The Morgan fingerprint density at radius 3 is 2.24 bits per heavy atom. The Morgan fingerprint density at radius 1 is 0.919 bits per heavy atom. The number of ether oxygens (including phenoxy) is 3. The molecule has 188 valence electrons. The average molecular weight is 501 g/mol. The quantitative estimate of drug-likeness (QED) is 0.367. The molecule has 0 saturated carbocycles. The van der Waals surface area contributed by atoms with Crippen molar-refractivity contribution < 1.29 is 38.5 Å². The van der Waals surface area contributed by atoms with Gasteiger partial charge in [-0.25, -0.2) is 9.69 Å². The molecular weight excluding hydrogens is 480 g/mol. The number of rotatable bonds is 8. The molecule has 0 bridgehead atoms. The maximum atomic E-state index is 13.1. The van der Waals surface area contributed by atoms with Crippen LogP contribution < -0.4 is 29.5 Å². The van der Waals surface area contributed by atoms with E-state index in [0.29, 0.717) is 22.8 Å². The van der Waals surface area contributed by atoms with E-state index in [1.807, 2.05) is 0 Å². The zero-order valence-corrected chi connectivity index (χ0v) is 19.8. The molecule has 4 rings (SSSR count). The van der Waals surface area contributed by atoms with E-state index >= 15 is 0 Å². The van der Waals surface area contributed by atoms with Gasteiger partial charge in [0.1, 0.15) is 17.9 Å². The Kier molecular flexibility index (Phi) is 7.19. The number of carboxylic acid groups (broad SMARTS) is 1. The molecule has 1 N–H and O–H groups in total. The molecule has 0 unspecified atom stereocenters.